The minimum Gasteiger partial charge on any atom is -0.379 e. The number of carbonyl (C=O) groups excluding carboxylic acids is 1. The van der Waals surface area contributed by atoms with Crippen molar-refractivity contribution in [2.45, 2.75) is 52.1 Å². The fourth-order valence-electron chi connectivity index (χ4n) is 4.29. The van der Waals surface area contributed by atoms with Crippen molar-refractivity contribution in [3.63, 3.8) is 0 Å². The van der Waals surface area contributed by atoms with Crippen molar-refractivity contribution in [1.29, 1.82) is 0 Å². The Kier molecular flexibility index (Phi) is 6.46. The van der Waals surface area contributed by atoms with E-state index in [1.54, 1.807) is 0 Å². The first-order valence-corrected chi connectivity index (χ1v) is 11.3. The van der Waals surface area contributed by atoms with Gasteiger partial charge in [0.2, 0.25) is 0 Å². The largest absolute Gasteiger partial charge is 0.379 e. The van der Waals surface area contributed by atoms with Crippen LogP contribution >= 0.6 is 11.3 Å². The minimum atomic E-state index is -0.0656. The highest BCUT2D eigenvalue weighted by molar-refractivity contribution is 7.13. The number of ether oxygens (including phenoxy) is 1. The molecule has 2 aromatic heterocycles. The molecule has 0 radical (unpaired) electrons. The molecular formula is C20H30N6O2S. The number of thiazole rings is 1. The van der Waals surface area contributed by atoms with Crippen LogP contribution in [0.2, 0.25) is 0 Å². The summed E-state index contributed by atoms with van der Waals surface area (Å²) in [5.41, 5.74) is 4.19. The molecular weight excluding hydrogens is 388 g/mol. The zero-order valence-corrected chi connectivity index (χ0v) is 18.1. The molecule has 29 heavy (non-hydrogen) atoms. The Hall–Kier alpha value is -1.97. The molecule has 158 valence electrons. The van der Waals surface area contributed by atoms with Gasteiger partial charge in [-0.15, -0.1) is 11.3 Å². The summed E-state index contributed by atoms with van der Waals surface area (Å²) in [6.07, 6.45) is 4.27. The highest BCUT2D eigenvalue weighted by Gasteiger charge is 2.30. The normalized spacial score (nSPS) is 21.2. The lowest BCUT2D eigenvalue weighted by atomic mass is 9.99. The summed E-state index contributed by atoms with van der Waals surface area (Å²) in [4.78, 5) is 22.1. The van der Waals surface area contributed by atoms with Gasteiger partial charge in [0, 0.05) is 42.8 Å². The van der Waals surface area contributed by atoms with E-state index in [0.717, 1.165) is 87.7 Å². The van der Waals surface area contributed by atoms with Gasteiger partial charge in [0.25, 0.3) is 0 Å². The molecule has 2 aliphatic rings. The molecule has 2 amide bonds. The van der Waals surface area contributed by atoms with E-state index in [-0.39, 0.29) is 12.1 Å². The standard InChI is InChI=1S/C20H30N6O2S/c1-14-18(15(2)24-23-14)17-6-4-3-5-7-26(17)20(27)22-19-21-16(13-29-19)12-25-8-10-28-11-9-25/h13,17H,3-12H2,1-2H3,(H,23,24)(H,21,22,27). The van der Waals surface area contributed by atoms with Crippen LogP contribution in [0.5, 0.6) is 0 Å². The monoisotopic (exact) mass is 418 g/mol. The summed E-state index contributed by atoms with van der Waals surface area (Å²) in [5.74, 6) is 0. The van der Waals surface area contributed by atoms with Crippen molar-refractivity contribution < 1.29 is 9.53 Å². The third kappa shape index (κ3) is 4.79. The first-order valence-electron chi connectivity index (χ1n) is 10.5. The molecule has 1 unspecified atom stereocenters. The van der Waals surface area contributed by atoms with Crippen LogP contribution in [0.4, 0.5) is 9.93 Å². The lowest BCUT2D eigenvalue weighted by Gasteiger charge is -2.30. The van der Waals surface area contributed by atoms with Crippen molar-refractivity contribution in [3.8, 4) is 0 Å². The molecule has 1 atom stereocenters. The molecule has 2 N–H and O–H groups in total. The van der Waals surface area contributed by atoms with Crippen molar-refractivity contribution in [1.82, 2.24) is 25.0 Å². The predicted octanol–water partition coefficient (Wildman–Crippen LogP) is 3.46. The molecule has 9 heteroatoms. The summed E-state index contributed by atoms with van der Waals surface area (Å²) in [5, 5.41) is 13.2. The van der Waals surface area contributed by atoms with Crippen LogP contribution < -0.4 is 5.32 Å². The average Bonchev–Trinajstić information content (AvgIpc) is 3.19. The number of likely N-dealkylation sites (tertiary alicyclic amines) is 1. The number of amides is 2. The predicted molar refractivity (Wildman–Crippen MR) is 113 cm³/mol. The molecule has 0 aromatic carbocycles. The van der Waals surface area contributed by atoms with Gasteiger partial charge in [-0.1, -0.05) is 12.8 Å². The molecule has 4 rings (SSSR count). The third-order valence-electron chi connectivity index (χ3n) is 5.79. The lowest BCUT2D eigenvalue weighted by Crippen LogP contribution is -2.38. The fourth-order valence-corrected chi connectivity index (χ4v) is 4.98. The first kappa shape index (κ1) is 20.3. The Bertz CT molecular complexity index is 809. The van der Waals surface area contributed by atoms with Crippen LogP contribution in [-0.4, -0.2) is 63.9 Å². The molecule has 2 fully saturated rings. The Morgan fingerprint density at radius 3 is 2.86 bits per heavy atom. The highest BCUT2D eigenvalue weighted by Crippen LogP contribution is 2.33. The van der Waals surface area contributed by atoms with Gasteiger partial charge in [-0.25, -0.2) is 9.78 Å². The second-order valence-electron chi connectivity index (χ2n) is 7.87. The van der Waals surface area contributed by atoms with Gasteiger partial charge in [-0.05, 0) is 26.7 Å². The second-order valence-corrected chi connectivity index (χ2v) is 8.73. The number of H-pyrrole nitrogens is 1. The number of carbonyl (C=O) groups is 1. The SMILES string of the molecule is Cc1n[nH]c(C)c1C1CCCCCN1C(=O)Nc1nc(CN2CCOCC2)cs1. The van der Waals surface area contributed by atoms with Crippen LogP contribution in [0.15, 0.2) is 5.38 Å². The van der Waals surface area contributed by atoms with E-state index >= 15 is 0 Å². The number of urea groups is 1. The number of rotatable bonds is 4. The maximum Gasteiger partial charge on any atom is 0.324 e. The van der Waals surface area contributed by atoms with Crippen LogP contribution in [0, 0.1) is 13.8 Å². The van der Waals surface area contributed by atoms with Gasteiger partial charge < -0.3 is 9.64 Å². The summed E-state index contributed by atoms with van der Waals surface area (Å²) < 4.78 is 5.40. The van der Waals surface area contributed by atoms with E-state index < -0.39 is 0 Å². The van der Waals surface area contributed by atoms with Crippen LogP contribution in [0.25, 0.3) is 0 Å². The van der Waals surface area contributed by atoms with Crippen LogP contribution in [0.1, 0.15) is 54.4 Å². The maximum absolute atomic E-state index is 13.2. The zero-order valence-electron chi connectivity index (χ0n) is 17.2. The quantitative estimate of drug-likeness (QED) is 0.794. The Morgan fingerprint density at radius 1 is 1.28 bits per heavy atom. The summed E-state index contributed by atoms with van der Waals surface area (Å²) in [7, 11) is 0. The molecule has 0 saturated carbocycles. The van der Waals surface area contributed by atoms with E-state index in [1.807, 2.05) is 24.1 Å². The number of anilines is 1. The second kappa shape index (κ2) is 9.23. The molecule has 0 spiro atoms. The molecule has 2 aliphatic heterocycles. The summed E-state index contributed by atoms with van der Waals surface area (Å²) in [6, 6.07) is -0.00629. The van der Waals surface area contributed by atoms with Gasteiger partial charge in [0.15, 0.2) is 5.13 Å². The van der Waals surface area contributed by atoms with Crippen LogP contribution in [-0.2, 0) is 11.3 Å². The van der Waals surface area contributed by atoms with E-state index in [2.05, 4.69) is 25.4 Å². The topological polar surface area (TPSA) is 86.4 Å². The molecule has 2 saturated heterocycles. The van der Waals surface area contributed by atoms with Gasteiger partial charge >= 0.3 is 6.03 Å². The number of aromatic amines is 1. The van der Waals surface area contributed by atoms with E-state index in [0.29, 0.717) is 5.13 Å². The van der Waals surface area contributed by atoms with E-state index in [9.17, 15) is 4.79 Å². The Balaban J connectivity index is 1.44. The van der Waals surface area contributed by atoms with Gasteiger partial charge in [-0.3, -0.25) is 15.3 Å². The Morgan fingerprint density at radius 2 is 2.10 bits per heavy atom. The number of hydrogen-bond donors (Lipinski definition) is 2. The molecule has 8 nitrogen and oxygen atoms in total. The number of aryl methyl sites for hydroxylation is 2. The summed E-state index contributed by atoms with van der Waals surface area (Å²) >= 11 is 1.49. The molecule has 2 aromatic rings. The summed E-state index contributed by atoms with van der Waals surface area (Å²) in [6.45, 7) is 9.01. The lowest BCUT2D eigenvalue weighted by molar-refractivity contribution is 0.0337. The van der Waals surface area contributed by atoms with Gasteiger partial charge in [0.05, 0.1) is 30.6 Å². The van der Waals surface area contributed by atoms with Gasteiger partial charge in [0.1, 0.15) is 0 Å². The molecule has 0 bridgehead atoms. The number of hydrogen-bond acceptors (Lipinski definition) is 6. The first-order chi connectivity index (χ1) is 14.1. The molecule has 4 heterocycles. The number of aromatic nitrogens is 3. The number of nitrogens with zero attached hydrogens (tertiary/aromatic N) is 4. The number of nitrogens with one attached hydrogen (secondary N) is 2. The fraction of sp³-hybridized carbons (Fsp3) is 0.650. The number of morpholine rings is 1. The maximum atomic E-state index is 13.2. The van der Waals surface area contributed by atoms with E-state index in [1.165, 1.54) is 11.3 Å². The van der Waals surface area contributed by atoms with Gasteiger partial charge in [-0.2, -0.15) is 5.10 Å². The Labute approximate surface area is 175 Å². The van der Waals surface area contributed by atoms with Crippen molar-refractivity contribution in [2.24, 2.45) is 0 Å². The third-order valence-corrected chi connectivity index (χ3v) is 6.59. The average molecular weight is 419 g/mol. The van der Waals surface area contributed by atoms with Crippen LogP contribution in [0.3, 0.4) is 0 Å². The molecule has 0 aliphatic carbocycles. The van der Waals surface area contributed by atoms with E-state index in [4.69, 9.17) is 4.74 Å². The van der Waals surface area contributed by atoms with Crippen molar-refractivity contribution in [2.75, 3.05) is 38.2 Å². The smallest absolute Gasteiger partial charge is 0.324 e. The minimum absolute atomic E-state index is 0.0593. The van der Waals surface area contributed by atoms with Crippen molar-refractivity contribution in [3.05, 3.63) is 28.0 Å². The van der Waals surface area contributed by atoms with Crippen molar-refractivity contribution >= 4 is 22.5 Å². The zero-order chi connectivity index (χ0) is 20.2. The highest BCUT2D eigenvalue weighted by atomic mass is 32.1.